The minimum Gasteiger partial charge on any atom is -0.508 e. The Bertz CT molecular complexity index is 1440. The van der Waals surface area contributed by atoms with E-state index in [-0.39, 0.29) is 17.4 Å². The van der Waals surface area contributed by atoms with E-state index in [0.717, 1.165) is 18.4 Å². The summed E-state index contributed by atoms with van der Waals surface area (Å²) in [5.41, 5.74) is 0.908. The minimum atomic E-state index is -0.506. The molecule has 1 aliphatic rings. The molecule has 1 atom stereocenters. The van der Waals surface area contributed by atoms with Crippen molar-refractivity contribution < 1.29 is 14.3 Å². The molecule has 0 bridgehead atoms. The molecule has 0 spiro atoms. The zero-order valence-corrected chi connectivity index (χ0v) is 18.5. The molecule has 1 fully saturated rings. The van der Waals surface area contributed by atoms with Crippen LogP contribution in [0.4, 0.5) is 0 Å². The summed E-state index contributed by atoms with van der Waals surface area (Å²) in [4.78, 5) is 30.0. The van der Waals surface area contributed by atoms with Crippen molar-refractivity contribution in [3.8, 4) is 5.75 Å². The van der Waals surface area contributed by atoms with Gasteiger partial charge in [0.05, 0.1) is 23.6 Å². The molecule has 4 aromatic rings. The van der Waals surface area contributed by atoms with Crippen LogP contribution in [0.15, 0.2) is 61.6 Å². The number of hydrogen-bond acceptors (Lipinski definition) is 7. The molecule has 0 aliphatic carbocycles. The zero-order valence-electron chi connectivity index (χ0n) is 16.9. The first-order valence-corrected chi connectivity index (χ1v) is 11.5. The van der Waals surface area contributed by atoms with Crippen LogP contribution < -0.4 is 11.2 Å². The summed E-state index contributed by atoms with van der Waals surface area (Å²) in [6, 6.07) is 11.1. The summed E-state index contributed by atoms with van der Waals surface area (Å²) in [7, 11) is 0. The number of rotatable bonds is 5. The van der Waals surface area contributed by atoms with E-state index >= 15 is 0 Å². The van der Waals surface area contributed by atoms with E-state index in [4.69, 9.17) is 25.7 Å². The lowest BCUT2D eigenvalue weighted by Crippen LogP contribution is -2.28. The number of aromatic hydroxyl groups is 1. The van der Waals surface area contributed by atoms with E-state index < -0.39 is 5.63 Å². The van der Waals surface area contributed by atoms with Gasteiger partial charge in [-0.3, -0.25) is 9.36 Å². The Balaban J connectivity index is 1.56. The number of phenols is 1. The van der Waals surface area contributed by atoms with Crippen LogP contribution in [0.5, 0.6) is 5.75 Å². The maximum atomic E-state index is 13.3. The van der Waals surface area contributed by atoms with Crippen LogP contribution in [-0.2, 0) is 17.0 Å². The smallest absolute Gasteiger partial charge is 0.336 e. The Morgan fingerprint density at radius 1 is 1.16 bits per heavy atom. The molecule has 0 unspecified atom stereocenters. The summed E-state index contributed by atoms with van der Waals surface area (Å²) >= 11 is 7.48. The number of ether oxygens (including phenoxy) is 1. The van der Waals surface area contributed by atoms with E-state index in [1.54, 1.807) is 34.9 Å². The second-order valence-corrected chi connectivity index (χ2v) is 9.05. The molecule has 0 radical (unpaired) electrons. The van der Waals surface area contributed by atoms with Gasteiger partial charge in [0.15, 0.2) is 5.16 Å². The van der Waals surface area contributed by atoms with Gasteiger partial charge in [-0.2, -0.15) is 0 Å². The number of benzene rings is 2. The van der Waals surface area contributed by atoms with E-state index in [0.29, 0.717) is 51.0 Å². The van der Waals surface area contributed by atoms with Crippen molar-refractivity contribution in [2.75, 3.05) is 6.61 Å². The van der Waals surface area contributed by atoms with Crippen molar-refractivity contribution in [2.24, 2.45) is 0 Å². The normalized spacial score (nSPS) is 16.2. The second-order valence-electron chi connectivity index (χ2n) is 7.67. The van der Waals surface area contributed by atoms with Gasteiger partial charge < -0.3 is 14.3 Å². The molecule has 5 rings (SSSR count). The van der Waals surface area contributed by atoms with Gasteiger partial charge in [-0.1, -0.05) is 23.4 Å². The molecular formula is C23H19ClN2O5S. The van der Waals surface area contributed by atoms with Crippen molar-refractivity contribution in [1.82, 2.24) is 9.55 Å². The monoisotopic (exact) mass is 470 g/mol. The van der Waals surface area contributed by atoms with E-state index in [1.165, 1.54) is 23.9 Å². The van der Waals surface area contributed by atoms with Gasteiger partial charge in [0.2, 0.25) is 0 Å². The van der Waals surface area contributed by atoms with Crippen molar-refractivity contribution in [2.45, 2.75) is 36.4 Å². The minimum absolute atomic E-state index is 0.0175. The molecular weight excluding hydrogens is 452 g/mol. The predicted molar refractivity (Wildman–Crippen MR) is 124 cm³/mol. The lowest BCUT2D eigenvalue weighted by molar-refractivity contribution is 0.0937. The molecule has 1 saturated heterocycles. The third-order valence-electron chi connectivity index (χ3n) is 5.46. The largest absolute Gasteiger partial charge is 0.508 e. The van der Waals surface area contributed by atoms with Crippen LogP contribution in [-0.4, -0.2) is 27.4 Å². The first-order chi connectivity index (χ1) is 15.5. The molecule has 9 heteroatoms. The van der Waals surface area contributed by atoms with Gasteiger partial charge in [0.1, 0.15) is 11.3 Å². The van der Waals surface area contributed by atoms with Crippen LogP contribution in [0.3, 0.4) is 0 Å². The van der Waals surface area contributed by atoms with Crippen LogP contribution in [0.2, 0.25) is 5.02 Å². The maximum Gasteiger partial charge on any atom is 0.336 e. The summed E-state index contributed by atoms with van der Waals surface area (Å²) in [5, 5.41) is 12.0. The van der Waals surface area contributed by atoms with Gasteiger partial charge in [-0.25, -0.2) is 9.78 Å². The first kappa shape index (κ1) is 21.1. The fourth-order valence-corrected chi connectivity index (χ4v) is 5.08. The van der Waals surface area contributed by atoms with Gasteiger partial charge in [-0.15, -0.1) is 0 Å². The Hall–Kier alpha value is -2.81. The highest BCUT2D eigenvalue weighted by Gasteiger charge is 2.21. The fourth-order valence-electron chi connectivity index (χ4n) is 3.92. The molecule has 0 saturated carbocycles. The van der Waals surface area contributed by atoms with Crippen LogP contribution in [0, 0.1) is 0 Å². The standard InChI is InChI=1S/C23H19ClN2O5S/c24-14-3-5-18-19(9-14)25-23(26(22(18)29)11-16-2-1-7-30-16)32-12-13-8-21(28)31-20-10-15(27)4-6-17(13)20/h3-6,8-10,16,27H,1-2,7,11-12H2/t16-/m0/s1. The molecule has 7 nitrogen and oxygen atoms in total. The van der Waals surface area contributed by atoms with Gasteiger partial charge >= 0.3 is 5.63 Å². The fraction of sp³-hybridized carbons (Fsp3) is 0.261. The van der Waals surface area contributed by atoms with Crippen molar-refractivity contribution in [3.05, 3.63) is 73.8 Å². The maximum absolute atomic E-state index is 13.3. The molecule has 3 heterocycles. The molecule has 2 aromatic carbocycles. The first-order valence-electron chi connectivity index (χ1n) is 10.2. The topological polar surface area (TPSA) is 94.6 Å². The van der Waals surface area contributed by atoms with Crippen LogP contribution >= 0.6 is 23.4 Å². The van der Waals surface area contributed by atoms with Crippen LogP contribution in [0.25, 0.3) is 21.9 Å². The Kier molecular flexibility index (Phi) is 5.67. The zero-order chi connectivity index (χ0) is 22.2. The number of hydrogen-bond donors (Lipinski definition) is 1. The Labute approximate surface area is 191 Å². The van der Waals surface area contributed by atoms with Crippen molar-refractivity contribution in [3.63, 3.8) is 0 Å². The lowest BCUT2D eigenvalue weighted by Gasteiger charge is -2.16. The summed E-state index contributed by atoms with van der Waals surface area (Å²) in [6.07, 6.45) is 1.83. The van der Waals surface area contributed by atoms with Crippen molar-refractivity contribution in [1.29, 1.82) is 0 Å². The average Bonchev–Trinajstić information content (AvgIpc) is 3.27. The summed E-state index contributed by atoms with van der Waals surface area (Å²) in [5.74, 6) is 0.403. The summed E-state index contributed by atoms with van der Waals surface area (Å²) < 4.78 is 12.6. The Morgan fingerprint density at radius 2 is 2.00 bits per heavy atom. The highest BCUT2D eigenvalue weighted by Crippen LogP contribution is 2.29. The molecule has 1 N–H and O–H groups in total. The molecule has 32 heavy (non-hydrogen) atoms. The average molecular weight is 471 g/mol. The van der Waals surface area contributed by atoms with E-state index in [9.17, 15) is 14.7 Å². The highest BCUT2D eigenvalue weighted by atomic mass is 35.5. The lowest BCUT2D eigenvalue weighted by atomic mass is 10.1. The highest BCUT2D eigenvalue weighted by molar-refractivity contribution is 7.98. The number of aromatic nitrogens is 2. The van der Waals surface area contributed by atoms with Gasteiger partial charge in [0.25, 0.3) is 5.56 Å². The Morgan fingerprint density at radius 3 is 2.81 bits per heavy atom. The van der Waals surface area contributed by atoms with Crippen LogP contribution in [0.1, 0.15) is 18.4 Å². The van der Waals surface area contributed by atoms with Gasteiger partial charge in [-0.05, 0) is 48.7 Å². The van der Waals surface area contributed by atoms with E-state index in [2.05, 4.69) is 0 Å². The molecule has 2 aromatic heterocycles. The number of nitrogens with zero attached hydrogens (tertiary/aromatic N) is 2. The summed E-state index contributed by atoms with van der Waals surface area (Å²) in [6.45, 7) is 1.11. The number of phenolic OH excluding ortho intramolecular Hbond substituents is 1. The number of thioether (sulfide) groups is 1. The predicted octanol–water partition coefficient (Wildman–Crippen LogP) is 4.33. The molecule has 164 valence electrons. The quantitative estimate of drug-likeness (QED) is 0.263. The number of halogens is 1. The third kappa shape index (κ3) is 4.13. The second kappa shape index (κ2) is 8.61. The van der Waals surface area contributed by atoms with Gasteiger partial charge in [0, 0.05) is 34.9 Å². The SMILES string of the molecule is O=c1cc(CSc2nc3cc(Cl)ccc3c(=O)n2C[C@@H]2CCCO2)c2ccc(O)cc2o1. The molecule has 0 amide bonds. The molecule has 1 aliphatic heterocycles. The van der Waals surface area contributed by atoms with Crippen molar-refractivity contribution >= 4 is 45.2 Å². The number of fused-ring (bicyclic) bond motifs is 2. The third-order valence-corrected chi connectivity index (χ3v) is 6.72. The van der Waals surface area contributed by atoms with E-state index in [1.807, 2.05) is 0 Å².